The Morgan fingerprint density at radius 1 is 0.750 bits per heavy atom. The van der Waals surface area contributed by atoms with E-state index in [9.17, 15) is 26.3 Å². The second kappa shape index (κ2) is 4.98. The summed E-state index contributed by atoms with van der Waals surface area (Å²) < 4.78 is 79.9. The quantitative estimate of drug-likeness (QED) is 0.283. The molecule has 2 aromatic rings. The van der Waals surface area contributed by atoms with E-state index in [1.165, 1.54) is 0 Å². The molecular formula is C12H6F6NP. The van der Waals surface area contributed by atoms with Gasteiger partial charge in [0, 0.05) is 10.9 Å². The fourth-order valence-electron chi connectivity index (χ4n) is 1.66. The fraction of sp³-hybridized carbons (Fsp3) is 0. The number of hydrogen-bond acceptors (Lipinski definition) is 1. The van der Waals surface area contributed by atoms with Crippen LogP contribution in [0.4, 0.5) is 32.0 Å². The van der Waals surface area contributed by atoms with Gasteiger partial charge in [0.15, 0.2) is 23.3 Å². The molecule has 0 aromatic heterocycles. The molecule has 0 saturated heterocycles. The predicted molar refractivity (Wildman–Crippen MR) is 65.4 cm³/mol. The van der Waals surface area contributed by atoms with Crippen LogP contribution in [0.5, 0.6) is 0 Å². The molecule has 0 aliphatic heterocycles. The first-order chi connectivity index (χ1) is 9.25. The van der Waals surface area contributed by atoms with Crippen LogP contribution in [0.3, 0.4) is 0 Å². The summed E-state index contributed by atoms with van der Waals surface area (Å²) in [4.78, 5) is 0. The van der Waals surface area contributed by atoms with Crippen molar-refractivity contribution in [3.05, 3.63) is 47.0 Å². The smallest absolute Gasteiger partial charge is 0.198 e. The van der Waals surface area contributed by atoms with Crippen molar-refractivity contribution < 1.29 is 26.3 Å². The Morgan fingerprint density at radius 2 is 1.20 bits per heavy atom. The molecule has 0 spiro atoms. The van der Waals surface area contributed by atoms with Crippen LogP contribution >= 0.6 is 9.24 Å². The van der Waals surface area contributed by atoms with E-state index in [4.69, 9.17) is 5.73 Å². The summed E-state index contributed by atoms with van der Waals surface area (Å²) in [5.74, 6) is -9.95. The highest BCUT2D eigenvalue weighted by atomic mass is 31.0. The first-order valence-electron chi connectivity index (χ1n) is 5.12. The van der Waals surface area contributed by atoms with Crippen molar-refractivity contribution in [3.63, 3.8) is 0 Å². The lowest BCUT2D eigenvalue weighted by Gasteiger charge is -2.11. The molecule has 2 aromatic carbocycles. The molecule has 1 atom stereocenters. The third kappa shape index (κ3) is 2.12. The molecule has 1 unspecified atom stereocenters. The summed E-state index contributed by atoms with van der Waals surface area (Å²) in [5, 5.41) is -0.690. The zero-order valence-corrected chi connectivity index (χ0v) is 10.7. The van der Waals surface area contributed by atoms with E-state index in [0.29, 0.717) is 12.1 Å². The molecule has 0 radical (unpaired) electrons. The third-order valence-corrected chi connectivity index (χ3v) is 3.21. The van der Waals surface area contributed by atoms with E-state index in [1.807, 2.05) is 0 Å². The Bertz CT molecular complexity index is 664. The average Bonchev–Trinajstić information content (AvgIpc) is 2.40. The van der Waals surface area contributed by atoms with Crippen LogP contribution in [-0.2, 0) is 0 Å². The standard InChI is InChI=1S/C12H6F6NP/c13-4-1-3(2-5(14)11(4)19)6-7(15)8(16)9(17)10(18)12(6)20/h1-2H,19-20H2. The first-order valence-corrected chi connectivity index (χ1v) is 5.69. The minimum absolute atomic E-state index is 0.505. The number of benzene rings is 2. The second-order valence-corrected chi connectivity index (χ2v) is 4.48. The third-order valence-electron chi connectivity index (χ3n) is 2.67. The monoisotopic (exact) mass is 309 g/mol. The highest BCUT2D eigenvalue weighted by Gasteiger charge is 2.25. The Kier molecular flexibility index (Phi) is 3.65. The Labute approximate surface area is 111 Å². The Morgan fingerprint density at radius 3 is 1.70 bits per heavy atom. The van der Waals surface area contributed by atoms with E-state index in [-0.39, 0.29) is 0 Å². The van der Waals surface area contributed by atoms with Gasteiger partial charge in [-0.1, -0.05) is 0 Å². The van der Waals surface area contributed by atoms with Crippen LogP contribution < -0.4 is 11.0 Å². The molecule has 20 heavy (non-hydrogen) atoms. The SMILES string of the molecule is Nc1c(F)cc(-c2c(F)c(F)c(F)c(F)c2P)cc1F. The fourth-order valence-corrected chi connectivity index (χ4v) is 2.08. The van der Waals surface area contributed by atoms with Crippen molar-refractivity contribution in [3.8, 4) is 11.1 Å². The first kappa shape index (κ1) is 14.7. The minimum Gasteiger partial charge on any atom is -0.394 e. The van der Waals surface area contributed by atoms with E-state index in [2.05, 4.69) is 0 Å². The van der Waals surface area contributed by atoms with Gasteiger partial charge in [0.05, 0.1) is 0 Å². The van der Waals surface area contributed by atoms with Crippen LogP contribution in [-0.4, -0.2) is 0 Å². The largest absolute Gasteiger partial charge is 0.394 e. The van der Waals surface area contributed by atoms with Crippen molar-refractivity contribution >= 4 is 20.2 Å². The van der Waals surface area contributed by atoms with Crippen molar-refractivity contribution in [2.45, 2.75) is 0 Å². The van der Waals surface area contributed by atoms with Crippen LogP contribution in [0, 0.1) is 34.9 Å². The van der Waals surface area contributed by atoms with Gasteiger partial charge in [-0.05, 0) is 17.7 Å². The number of nitrogens with two attached hydrogens (primary N) is 1. The lowest BCUT2D eigenvalue weighted by atomic mass is 10.0. The lowest BCUT2D eigenvalue weighted by molar-refractivity contribution is 0.414. The van der Waals surface area contributed by atoms with E-state index < -0.39 is 57.0 Å². The number of halogens is 6. The molecule has 8 heteroatoms. The molecule has 0 fully saturated rings. The number of rotatable bonds is 1. The maximum atomic E-state index is 13.7. The number of nitrogen functional groups attached to an aromatic ring is 1. The van der Waals surface area contributed by atoms with Crippen LogP contribution in [0.15, 0.2) is 12.1 Å². The normalized spacial score (nSPS) is 10.9. The van der Waals surface area contributed by atoms with E-state index in [0.717, 1.165) is 0 Å². The maximum absolute atomic E-state index is 13.7. The van der Waals surface area contributed by atoms with Crippen LogP contribution in [0.1, 0.15) is 0 Å². The van der Waals surface area contributed by atoms with Crippen LogP contribution in [0.25, 0.3) is 11.1 Å². The van der Waals surface area contributed by atoms with Gasteiger partial charge in [-0.2, -0.15) is 0 Å². The topological polar surface area (TPSA) is 26.0 Å². The van der Waals surface area contributed by atoms with Gasteiger partial charge in [0.1, 0.15) is 17.3 Å². The average molecular weight is 309 g/mol. The molecule has 2 rings (SSSR count). The van der Waals surface area contributed by atoms with Gasteiger partial charge in [-0.25, -0.2) is 26.3 Å². The molecule has 2 N–H and O–H groups in total. The van der Waals surface area contributed by atoms with Gasteiger partial charge in [0.2, 0.25) is 0 Å². The lowest BCUT2D eigenvalue weighted by Crippen LogP contribution is -2.13. The molecule has 0 heterocycles. The summed E-state index contributed by atoms with van der Waals surface area (Å²) >= 11 is 0. The molecule has 1 nitrogen and oxygen atoms in total. The molecule has 0 bridgehead atoms. The summed E-state index contributed by atoms with van der Waals surface area (Å²) in [7, 11) is 1.65. The molecule has 0 aliphatic carbocycles. The zero-order valence-electron chi connectivity index (χ0n) is 9.58. The van der Waals surface area contributed by atoms with E-state index >= 15 is 0 Å². The summed E-state index contributed by atoms with van der Waals surface area (Å²) in [6.07, 6.45) is 0. The Hall–Kier alpha value is -1.75. The van der Waals surface area contributed by atoms with Crippen molar-refractivity contribution in [1.29, 1.82) is 0 Å². The van der Waals surface area contributed by atoms with E-state index in [1.54, 1.807) is 9.24 Å². The number of anilines is 1. The van der Waals surface area contributed by atoms with Gasteiger partial charge in [0.25, 0.3) is 0 Å². The molecule has 0 aliphatic rings. The molecule has 0 saturated carbocycles. The summed E-state index contributed by atoms with van der Waals surface area (Å²) in [6, 6.07) is 1.20. The summed E-state index contributed by atoms with van der Waals surface area (Å²) in [6.45, 7) is 0. The Balaban J connectivity index is 2.83. The zero-order chi connectivity index (χ0) is 15.2. The van der Waals surface area contributed by atoms with Gasteiger partial charge in [-0.15, -0.1) is 9.24 Å². The van der Waals surface area contributed by atoms with Crippen LogP contribution in [0.2, 0.25) is 0 Å². The van der Waals surface area contributed by atoms with Crippen molar-refractivity contribution in [2.24, 2.45) is 0 Å². The minimum atomic E-state index is -2.07. The van der Waals surface area contributed by atoms with Gasteiger partial charge in [-0.3, -0.25) is 0 Å². The maximum Gasteiger partial charge on any atom is 0.198 e. The highest BCUT2D eigenvalue weighted by Crippen LogP contribution is 2.30. The molecule has 106 valence electrons. The van der Waals surface area contributed by atoms with Gasteiger partial charge < -0.3 is 5.73 Å². The van der Waals surface area contributed by atoms with Crippen molar-refractivity contribution in [1.82, 2.24) is 0 Å². The van der Waals surface area contributed by atoms with Crippen molar-refractivity contribution in [2.75, 3.05) is 5.73 Å². The predicted octanol–water partition coefficient (Wildman–Crippen LogP) is 3.27. The number of hydrogen-bond donors (Lipinski definition) is 1. The molecular weight excluding hydrogens is 303 g/mol. The molecule has 0 amide bonds. The summed E-state index contributed by atoms with van der Waals surface area (Å²) in [5.41, 5.74) is 2.91. The second-order valence-electron chi connectivity index (χ2n) is 3.90. The van der Waals surface area contributed by atoms with Gasteiger partial charge >= 0.3 is 0 Å². The highest BCUT2D eigenvalue weighted by molar-refractivity contribution is 7.28.